The average Bonchev–Trinajstić information content (AvgIpc) is 2.43. The summed E-state index contributed by atoms with van der Waals surface area (Å²) in [7, 11) is 0. The molecule has 0 amide bonds. The number of nitrogens with zero attached hydrogens (tertiary/aromatic N) is 1. The number of hydrogen-bond donors (Lipinski definition) is 2. The van der Waals surface area contributed by atoms with E-state index >= 15 is 0 Å². The predicted molar refractivity (Wildman–Crippen MR) is 83.3 cm³/mol. The molecular weight excluding hydrogens is 318 g/mol. The van der Waals surface area contributed by atoms with Crippen molar-refractivity contribution < 1.29 is 4.74 Å². The Balaban J connectivity index is 2.45. The number of halogens is 1. The summed E-state index contributed by atoms with van der Waals surface area (Å²) in [6.07, 6.45) is 1.85. The molecule has 0 radical (unpaired) electrons. The molecule has 2 rings (SSSR count). The van der Waals surface area contributed by atoms with Crippen LogP contribution in [0.3, 0.4) is 0 Å². The van der Waals surface area contributed by atoms with Crippen LogP contribution in [0.2, 0.25) is 0 Å². The maximum atomic E-state index is 5.85. The zero-order valence-corrected chi connectivity index (χ0v) is 13.1. The van der Waals surface area contributed by atoms with Crippen LogP contribution in [0.4, 0.5) is 0 Å². The first kappa shape index (κ1) is 15.0. The fraction of sp³-hybridized carbons (Fsp3) is 0.267. The van der Waals surface area contributed by atoms with Crippen molar-refractivity contribution in [3.8, 4) is 5.75 Å². The van der Waals surface area contributed by atoms with Crippen LogP contribution in [-0.4, -0.2) is 11.1 Å². The molecule has 0 saturated heterocycles. The molecule has 5 heteroatoms. The van der Waals surface area contributed by atoms with Gasteiger partial charge < -0.3 is 4.74 Å². The lowest BCUT2D eigenvalue weighted by Crippen LogP contribution is -2.30. The minimum Gasteiger partial charge on any atom is -0.491 e. The maximum Gasteiger partial charge on any atom is 0.124 e. The molecule has 20 heavy (non-hydrogen) atoms. The molecule has 1 unspecified atom stereocenters. The molecule has 0 bridgehead atoms. The summed E-state index contributed by atoms with van der Waals surface area (Å²) in [6.45, 7) is 4.00. The van der Waals surface area contributed by atoms with Crippen LogP contribution < -0.4 is 16.0 Å². The van der Waals surface area contributed by atoms with Crippen LogP contribution in [0, 0.1) is 0 Å². The quantitative estimate of drug-likeness (QED) is 0.650. The number of hydrazine groups is 1. The largest absolute Gasteiger partial charge is 0.491 e. The Labute approximate surface area is 127 Å². The first-order valence-electron chi connectivity index (χ1n) is 6.45. The van der Waals surface area contributed by atoms with Crippen LogP contribution in [0.25, 0.3) is 0 Å². The topological polar surface area (TPSA) is 60.2 Å². The molecule has 1 aromatic carbocycles. The molecule has 106 valence electrons. The van der Waals surface area contributed by atoms with Gasteiger partial charge in [-0.15, -0.1) is 0 Å². The van der Waals surface area contributed by atoms with Gasteiger partial charge in [0.1, 0.15) is 5.75 Å². The number of benzene rings is 1. The lowest BCUT2D eigenvalue weighted by Gasteiger charge is -2.21. The Morgan fingerprint density at radius 1 is 1.20 bits per heavy atom. The van der Waals surface area contributed by atoms with Gasteiger partial charge in [0.05, 0.1) is 17.8 Å². The Hall–Kier alpha value is -1.43. The molecule has 3 N–H and O–H groups in total. The lowest BCUT2D eigenvalue weighted by molar-refractivity contribution is 0.238. The number of nitrogens with two attached hydrogens (primary N) is 1. The number of rotatable bonds is 5. The Bertz CT molecular complexity index is 575. The fourth-order valence-corrected chi connectivity index (χ4v) is 2.49. The van der Waals surface area contributed by atoms with Crippen molar-refractivity contribution in [1.82, 2.24) is 10.4 Å². The summed E-state index contributed by atoms with van der Waals surface area (Å²) in [5.74, 6) is 6.55. The number of pyridine rings is 1. The van der Waals surface area contributed by atoms with Gasteiger partial charge in [0.2, 0.25) is 0 Å². The van der Waals surface area contributed by atoms with Crippen molar-refractivity contribution in [3.63, 3.8) is 0 Å². The first-order chi connectivity index (χ1) is 9.63. The second-order valence-electron chi connectivity index (χ2n) is 4.67. The van der Waals surface area contributed by atoms with E-state index < -0.39 is 0 Å². The van der Waals surface area contributed by atoms with Gasteiger partial charge in [-0.2, -0.15) is 0 Å². The van der Waals surface area contributed by atoms with Gasteiger partial charge in [0.15, 0.2) is 0 Å². The SMILES string of the molecule is CC(C)Oc1ccccc1C(NN)c1ncccc1Br. The predicted octanol–water partition coefficient (Wildman–Crippen LogP) is 3.18. The van der Waals surface area contributed by atoms with E-state index in [0.717, 1.165) is 21.5 Å². The third kappa shape index (κ3) is 3.36. The van der Waals surface area contributed by atoms with Crippen molar-refractivity contribution in [2.75, 3.05) is 0 Å². The molecule has 0 saturated carbocycles. The van der Waals surface area contributed by atoms with Crippen LogP contribution in [0.15, 0.2) is 47.1 Å². The summed E-state index contributed by atoms with van der Waals surface area (Å²) >= 11 is 3.51. The first-order valence-corrected chi connectivity index (χ1v) is 7.25. The second kappa shape index (κ2) is 6.83. The van der Waals surface area contributed by atoms with E-state index in [1.807, 2.05) is 50.2 Å². The van der Waals surface area contributed by atoms with Crippen molar-refractivity contribution in [2.45, 2.75) is 26.0 Å². The summed E-state index contributed by atoms with van der Waals surface area (Å²) in [4.78, 5) is 4.40. The van der Waals surface area contributed by atoms with Crippen molar-refractivity contribution >= 4 is 15.9 Å². The molecule has 2 aromatic rings. The standard InChI is InChI=1S/C15H18BrN3O/c1-10(2)20-13-8-4-3-6-11(13)14(19-17)15-12(16)7-5-9-18-15/h3-10,14,19H,17H2,1-2H3. The van der Waals surface area contributed by atoms with Gasteiger partial charge >= 0.3 is 0 Å². The van der Waals surface area contributed by atoms with Gasteiger partial charge in [0.25, 0.3) is 0 Å². The van der Waals surface area contributed by atoms with Crippen molar-refractivity contribution in [3.05, 3.63) is 58.3 Å². The Kier molecular flexibility index (Phi) is 5.11. The third-order valence-corrected chi connectivity index (χ3v) is 3.49. The molecule has 1 aromatic heterocycles. The number of hydrogen-bond acceptors (Lipinski definition) is 4. The molecule has 0 spiro atoms. The monoisotopic (exact) mass is 335 g/mol. The lowest BCUT2D eigenvalue weighted by atomic mass is 10.0. The Morgan fingerprint density at radius 2 is 1.95 bits per heavy atom. The van der Waals surface area contributed by atoms with E-state index in [1.165, 1.54) is 0 Å². The normalized spacial score (nSPS) is 12.4. The smallest absolute Gasteiger partial charge is 0.124 e. The van der Waals surface area contributed by atoms with Gasteiger partial charge in [-0.25, -0.2) is 5.43 Å². The molecular formula is C15H18BrN3O. The zero-order chi connectivity index (χ0) is 14.5. The summed E-state index contributed by atoms with van der Waals surface area (Å²) < 4.78 is 6.76. The van der Waals surface area contributed by atoms with E-state index in [0.29, 0.717) is 0 Å². The van der Waals surface area contributed by atoms with Gasteiger partial charge in [-0.3, -0.25) is 10.8 Å². The van der Waals surface area contributed by atoms with Crippen LogP contribution >= 0.6 is 15.9 Å². The highest BCUT2D eigenvalue weighted by molar-refractivity contribution is 9.10. The van der Waals surface area contributed by atoms with E-state index in [2.05, 4.69) is 26.3 Å². The molecule has 0 aliphatic rings. The molecule has 0 aliphatic heterocycles. The highest BCUT2D eigenvalue weighted by atomic mass is 79.9. The number of aromatic nitrogens is 1. The second-order valence-corrected chi connectivity index (χ2v) is 5.53. The number of ether oxygens (including phenoxy) is 1. The van der Waals surface area contributed by atoms with Crippen LogP contribution in [0.1, 0.15) is 31.1 Å². The molecule has 0 fully saturated rings. The van der Waals surface area contributed by atoms with Crippen LogP contribution in [-0.2, 0) is 0 Å². The highest BCUT2D eigenvalue weighted by Crippen LogP contribution is 2.32. The van der Waals surface area contributed by atoms with Gasteiger partial charge in [-0.05, 0) is 48.0 Å². The minimum atomic E-state index is -0.236. The van der Waals surface area contributed by atoms with Crippen molar-refractivity contribution in [2.24, 2.45) is 5.84 Å². The number of nitrogens with one attached hydrogen (secondary N) is 1. The van der Waals surface area contributed by atoms with Gasteiger partial charge in [-0.1, -0.05) is 18.2 Å². The van der Waals surface area contributed by atoms with E-state index in [-0.39, 0.29) is 12.1 Å². The van der Waals surface area contributed by atoms with Gasteiger partial charge in [0, 0.05) is 16.2 Å². The maximum absolute atomic E-state index is 5.85. The summed E-state index contributed by atoms with van der Waals surface area (Å²) in [5, 5.41) is 0. The fourth-order valence-electron chi connectivity index (χ4n) is 2.01. The van der Waals surface area contributed by atoms with E-state index in [9.17, 15) is 0 Å². The number of para-hydroxylation sites is 1. The average molecular weight is 336 g/mol. The Morgan fingerprint density at radius 3 is 2.60 bits per heavy atom. The van der Waals surface area contributed by atoms with E-state index in [1.54, 1.807) is 6.20 Å². The zero-order valence-electron chi connectivity index (χ0n) is 11.5. The molecule has 4 nitrogen and oxygen atoms in total. The molecule has 0 aliphatic carbocycles. The van der Waals surface area contributed by atoms with Crippen molar-refractivity contribution in [1.29, 1.82) is 0 Å². The third-order valence-electron chi connectivity index (χ3n) is 2.82. The van der Waals surface area contributed by atoms with E-state index in [4.69, 9.17) is 10.6 Å². The summed E-state index contributed by atoms with van der Waals surface area (Å²) in [6, 6.07) is 11.4. The van der Waals surface area contributed by atoms with Crippen LogP contribution in [0.5, 0.6) is 5.75 Å². The molecule has 1 atom stereocenters. The molecule has 1 heterocycles. The summed E-state index contributed by atoms with van der Waals surface area (Å²) in [5.41, 5.74) is 4.61. The highest BCUT2D eigenvalue weighted by Gasteiger charge is 2.20. The minimum absolute atomic E-state index is 0.0988.